The summed E-state index contributed by atoms with van der Waals surface area (Å²) >= 11 is 0. The minimum Gasteiger partial charge on any atom is -0.378 e. The standard InChI is InChI=1S/C14H12F2N2O/c15-10-5-6-12(16)13(7-10)18-8-9-3-1-2-4-11(9)14(17)19/h1-7,18H,8H2,(H2,17,19). The highest BCUT2D eigenvalue weighted by molar-refractivity contribution is 5.94. The maximum absolute atomic E-state index is 13.4. The van der Waals surface area contributed by atoms with Gasteiger partial charge in [-0.05, 0) is 29.8 Å². The van der Waals surface area contributed by atoms with Crippen LogP contribution in [0.1, 0.15) is 15.9 Å². The molecule has 3 nitrogen and oxygen atoms in total. The lowest BCUT2D eigenvalue weighted by molar-refractivity contribution is 0.0999. The first-order chi connectivity index (χ1) is 9.08. The van der Waals surface area contributed by atoms with Gasteiger partial charge >= 0.3 is 0 Å². The van der Waals surface area contributed by atoms with E-state index in [2.05, 4.69) is 5.32 Å². The molecule has 3 N–H and O–H groups in total. The first kappa shape index (κ1) is 13.0. The largest absolute Gasteiger partial charge is 0.378 e. The molecule has 0 fully saturated rings. The van der Waals surface area contributed by atoms with E-state index in [0.717, 1.165) is 18.2 Å². The van der Waals surface area contributed by atoms with Gasteiger partial charge in [-0.1, -0.05) is 18.2 Å². The number of carbonyl (C=O) groups is 1. The molecule has 5 heteroatoms. The van der Waals surface area contributed by atoms with Crippen LogP contribution in [0.2, 0.25) is 0 Å². The Morgan fingerprint density at radius 2 is 1.89 bits per heavy atom. The summed E-state index contributed by atoms with van der Waals surface area (Å²) in [7, 11) is 0. The number of primary amides is 1. The van der Waals surface area contributed by atoms with Gasteiger partial charge in [0.15, 0.2) is 0 Å². The van der Waals surface area contributed by atoms with Crippen LogP contribution >= 0.6 is 0 Å². The molecular formula is C14H12F2N2O. The highest BCUT2D eigenvalue weighted by Gasteiger charge is 2.08. The summed E-state index contributed by atoms with van der Waals surface area (Å²) in [6.45, 7) is 0.180. The molecule has 98 valence electrons. The highest BCUT2D eigenvalue weighted by atomic mass is 19.1. The van der Waals surface area contributed by atoms with E-state index in [1.807, 2.05) is 0 Å². The van der Waals surface area contributed by atoms with Gasteiger partial charge in [0.2, 0.25) is 5.91 Å². The molecule has 0 unspecified atom stereocenters. The predicted octanol–water partition coefficient (Wildman–Crippen LogP) is 2.68. The number of hydrogen-bond donors (Lipinski definition) is 2. The summed E-state index contributed by atoms with van der Waals surface area (Å²) in [6, 6.07) is 9.85. The topological polar surface area (TPSA) is 55.1 Å². The van der Waals surface area contributed by atoms with Crippen LogP contribution in [0, 0.1) is 11.6 Å². The Hall–Kier alpha value is -2.43. The molecule has 0 aliphatic carbocycles. The van der Waals surface area contributed by atoms with Crippen molar-refractivity contribution in [2.45, 2.75) is 6.54 Å². The van der Waals surface area contributed by atoms with Crippen molar-refractivity contribution in [3.63, 3.8) is 0 Å². The maximum Gasteiger partial charge on any atom is 0.249 e. The lowest BCUT2D eigenvalue weighted by Crippen LogP contribution is -2.15. The second-order valence-corrected chi connectivity index (χ2v) is 4.00. The van der Waals surface area contributed by atoms with Crippen LogP contribution in [0.3, 0.4) is 0 Å². The third-order valence-electron chi connectivity index (χ3n) is 2.68. The predicted molar refractivity (Wildman–Crippen MR) is 68.6 cm³/mol. The lowest BCUT2D eigenvalue weighted by Gasteiger charge is -2.10. The van der Waals surface area contributed by atoms with Crippen molar-refractivity contribution in [3.05, 3.63) is 65.2 Å². The van der Waals surface area contributed by atoms with Crippen LogP contribution < -0.4 is 11.1 Å². The molecule has 0 saturated heterocycles. The summed E-state index contributed by atoms with van der Waals surface area (Å²) in [5.41, 5.74) is 6.26. The zero-order valence-electron chi connectivity index (χ0n) is 9.99. The Balaban J connectivity index is 2.19. The molecule has 0 aliphatic rings. The number of nitrogens with two attached hydrogens (primary N) is 1. The van der Waals surface area contributed by atoms with Crippen molar-refractivity contribution in [2.75, 3.05) is 5.32 Å². The van der Waals surface area contributed by atoms with Crippen LogP contribution in [0.5, 0.6) is 0 Å². The number of anilines is 1. The average molecular weight is 262 g/mol. The number of rotatable bonds is 4. The van der Waals surface area contributed by atoms with E-state index in [0.29, 0.717) is 11.1 Å². The van der Waals surface area contributed by atoms with Crippen LogP contribution in [-0.4, -0.2) is 5.91 Å². The second kappa shape index (κ2) is 5.48. The smallest absolute Gasteiger partial charge is 0.249 e. The number of amides is 1. The molecule has 19 heavy (non-hydrogen) atoms. The van der Waals surface area contributed by atoms with E-state index < -0.39 is 17.5 Å². The van der Waals surface area contributed by atoms with Crippen molar-refractivity contribution < 1.29 is 13.6 Å². The van der Waals surface area contributed by atoms with E-state index in [1.165, 1.54) is 0 Å². The number of halogens is 2. The molecule has 0 spiro atoms. The van der Waals surface area contributed by atoms with E-state index >= 15 is 0 Å². The van der Waals surface area contributed by atoms with Gasteiger partial charge in [-0.3, -0.25) is 4.79 Å². The van der Waals surface area contributed by atoms with Gasteiger partial charge in [-0.25, -0.2) is 8.78 Å². The Kier molecular flexibility index (Phi) is 3.75. The minimum atomic E-state index is -0.558. The summed E-state index contributed by atoms with van der Waals surface area (Å²) in [4.78, 5) is 11.2. The average Bonchev–Trinajstić information content (AvgIpc) is 2.40. The number of nitrogens with one attached hydrogen (secondary N) is 1. The molecule has 0 bridgehead atoms. The molecule has 2 rings (SSSR count). The molecule has 0 saturated carbocycles. The van der Waals surface area contributed by atoms with Crippen molar-refractivity contribution in [1.29, 1.82) is 0 Å². The molecular weight excluding hydrogens is 250 g/mol. The van der Waals surface area contributed by atoms with Crippen LogP contribution in [-0.2, 0) is 6.54 Å². The van der Waals surface area contributed by atoms with Crippen molar-refractivity contribution >= 4 is 11.6 Å². The Bertz CT molecular complexity index is 614. The van der Waals surface area contributed by atoms with Gasteiger partial charge in [0.25, 0.3) is 0 Å². The molecule has 0 aliphatic heterocycles. The molecule has 1 amide bonds. The molecule has 2 aromatic rings. The Morgan fingerprint density at radius 3 is 2.63 bits per heavy atom. The van der Waals surface area contributed by atoms with Crippen molar-refractivity contribution in [2.24, 2.45) is 5.73 Å². The lowest BCUT2D eigenvalue weighted by atomic mass is 10.1. The van der Waals surface area contributed by atoms with E-state index in [9.17, 15) is 13.6 Å². The second-order valence-electron chi connectivity index (χ2n) is 4.00. The summed E-state index contributed by atoms with van der Waals surface area (Å²) in [5, 5.41) is 2.74. The van der Waals surface area contributed by atoms with Crippen molar-refractivity contribution in [3.8, 4) is 0 Å². The van der Waals surface area contributed by atoms with Gasteiger partial charge in [0, 0.05) is 12.1 Å². The quantitative estimate of drug-likeness (QED) is 0.890. The number of benzene rings is 2. The first-order valence-electron chi connectivity index (χ1n) is 5.64. The van der Waals surface area contributed by atoms with E-state index in [-0.39, 0.29) is 12.2 Å². The third kappa shape index (κ3) is 3.07. The maximum atomic E-state index is 13.4. The zero-order chi connectivity index (χ0) is 13.8. The van der Waals surface area contributed by atoms with Gasteiger partial charge in [0.1, 0.15) is 11.6 Å². The molecule has 0 radical (unpaired) electrons. The summed E-state index contributed by atoms with van der Waals surface area (Å²) < 4.78 is 26.4. The zero-order valence-corrected chi connectivity index (χ0v) is 9.99. The van der Waals surface area contributed by atoms with Crippen LogP contribution in [0.25, 0.3) is 0 Å². The number of hydrogen-bond acceptors (Lipinski definition) is 2. The number of carbonyl (C=O) groups excluding carboxylic acids is 1. The monoisotopic (exact) mass is 262 g/mol. The molecule has 0 atom stereocenters. The molecule has 0 heterocycles. The fourth-order valence-electron chi connectivity index (χ4n) is 1.74. The normalized spacial score (nSPS) is 10.2. The van der Waals surface area contributed by atoms with Gasteiger partial charge in [-0.15, -0.1) is 0 Å². The van der Waals surface area contributed by atoms with Gasteiger partial charge in [0.05, 0.1) is 5.69 Å². The molecule has 0 aromatic heterocycles. The van der Waals surface area contributed by atoms with Gasteiger partial charge in [-0.2, -0.15) is 0 Å². The summed E-state index contributed by atoms with van der Waals surface area (Å²) in [5.74, 6) is -1.65. The Labute approximate surface area is 109 Å². The Morgan fingerprint density at radius 1 is 1.16 bits per heavy atom. The molecule has 2 aromatic carbocycles. The first-order valence-corrected chi connectivity index (χ1v) is 5.64. The van der Waals surface area contributed by atoms with E-state index in [1.54, 1.807) is 24.3 Å². The van der Waals surface area contributed by atoms with Gasteiger partial charge < -0.3 is 11.1 Å². The highest BCUT2D eigenvalue weighted by Crippen LogP contribution is 2.17. The summed E-state index contributed by atoms with van der Waals surface area (Å²) in [6.07, 6.45) is 0. The third-order valence-corrected chi connectivity index (χ3v) is 2.68. The fourth-order valence-corrected chi connectivity index (χ4v) is 1.74. The van der Waals surface area contributed by atoms with Crippen molar-refractivity contribution in [1.82, 2.24) is 0 Å². The van der Waals surface area contributed by atoms with Crippen LogP contribution in [0.4, 0.5) is 14.5 Å². The SMILES string of the molecule is NC(=O)c1ccccc1CNc1cc(F)ccc1F. The fraction of sp³-hybridized carbons (Fsp3) is 0.0714. The van der Waals surface area contributed by atoms with E-state index in [4.69, 9.17) is 5.73 Å². The minimum absolute atomic E-state index is 0.0410. The van der Waals surface area contributed by atoms with Crippen LogP contribution in [0.15, 0.2) is 42.5 Å².